The molecule has 23 heavy (non-hydrogen) atoms. The van der Waals surface area contributed by atoms with Crippen molar-refractivity contribution in [1.29, 1.82) is 0 Å². The average Bonchev–Trinajstić information content (AvgIpc) is 2.51. The predicted octanol–water partition coefficient (Wildman–Crippen LogP) is 3.25. The van der Waals surface area contributed by atoms with Crippen molar-refractivity contribution in [1.82, 2.24) is 10.9 Å². The van der Waals surface area contributed by atoms with Crippen LogP contribution in [-0.4, -0.2) is 18.4 Å². The van der Waals surface area contributed by atoms with Crippen molar-refractivity contribution in [3.63, 3.8) is 0 Å². The van der Waals surface area contributed by atoms with E-state index in [4.69, 9.17) is 16.3 Å². The van der Waals surface area contributed by atoms with Crippen molar-refractivity contribution in [3.8, 4) is 5.75 Å². The number of amides is 2. The minimum Gasteiger partial charge on any atom is -0.483 e. The maximum Gasteiger partial charge on any atom is 0.276 e. The van der Waals surface area contributed by atoms with Gasteiger partial charge in [-0.3, -0.25) is 20.4 Å². The fourth-order valence-electron chi connectivity index (χ4n) is 1.76. The van der Waals surface area contributed by atoms with E-state index < -0.39 is 11.8 Å². The molecule has 0 bridgehead atoms. The summed E-state index contributed by atoms with van der Waals surface area (Å²) >= 11 is 9.11. The van der Waals surface area contributed by atoms with Crippen LogP contribution in [0.3, 0.4) is 0 Å². The highest BCUT2D eigenvalue weighted by Gasteiger charge is 2.09. The molecule has 0 spiro atoms. The molecular formula is C16H14BrClN2O3. The van der Waals surface area contributed by atoms with Gasteiger partial charge in [-0.25, -0.2) is 0 Å². The fourth-order valence-corrected chi connectivity index (χ4v) is 2.55. The Morgan fingerprint density at radius 1 is 1.17 bits per heavy atom. The molecule has 0 radical (unpaired) electrons. The number of nitrogens with one attached hydrogen (secondary N) is 2. The van der Waals surface area contributed by atoms with Gasteiger partial charge < -0.3 is 4.74 Å². The minimum atomic E-state index is -0.479. The quantitative estimate of drug-likeness (QED) is 0.778. The van der Waals surface area contributed by atoms with Crippen LogP contribution in [0.5, 0.6) is 5.75 Å². The summed E-state index contributed by atoms with van der Waals surface area (Å²) < 4.78 is 5.98. The number of hydrazine groups is 1. The van der Waals surface area contributed by atoms with Crippen molar-refractivity contribution in [2.24, 2.45) is 0 Å². The molecule has 2 N–H and O–H groups in total. The molecule has 0 unspecified atom stereocenters. The molecule has 0 fully saturated rings. The zero-order chi connectivity index (χ0) is 16.8. The number of hydrogen-bond donors (Lipinski definition) is 2. The highest BCUT2D eigenvalue weighted by atomic mass is 79.9. The maximum atomic E-state index is 11.9. The summed E-state index contributed by atoms with van der Waals surface area (Å²) in [7, 11) is 0. The molecule has 2 aromatic rings. The highest BCUT2D eigenvalue weighted by molar-refractivity contribution is 9.10. The smallest absolute Gasteiger partial charge is 0.276 e. The third-order valence-electron chi connectivity index (χ3n) is 2.85. The lowest BCUT2D eigenvalue weighted by Gasteiger charge is -2.10. The predicted molar refractivity (Wildman–Crippen MR) is 91.4 cm³/mol. The van der Waals surface area contributed by atoms with Crippen LogP contribution in [0, 0.1) is 6.92 Å². The summed E-state index contributed by atoms with van der Waals surface area (Å²) in [6.45, 7) is 1.64. The largest absolute Gasteiger partial charge is 0.483 e. The number of ether oxygens (including phenoxy) is 1. The lowest BCUT2D eigenvalue weighted by atomic mass is 10.1. The van der Waals surface area contributed by atoms with Gasteiger partial charge in [0, 0.05) is 10.6 Å². The third-order valence-corrected chi connectivity index (χ3v) is 3.70. The van der Waals surface area contributed by atoms with Gasteiger partial charge >= 0.3 is 0 Å². The van der Waals surface area contributed by atoms with Crippen LogP contribution in [0.25, 0.3) is 0 Å². The number of halogens is 2. The van der Waals surface area contributed by atoms with Crippen LogP contribution in [0.2, 0.25) is 5.02 Å². The summed E-state index contributed by atoms with van der Waals surface area (Å²) in [5.41, 5.74) is 6.05. The number of rotatable bonds is 4. The number of hydrogen-bond acceptors (Lipinski definition) is 3. The molecule has 0 saturated carbocycles. The van der Waals surface area contributed by atoms with Gasteiger partial charge in [0.15, 0.2) is 6.61 Å². The monoisotopic (exact) mass is 396 g/mol. The Kier molecular flexibility index (Phi) is 6.01. The third kappa shape index (κ3) is 5.26. The van der Waals surface area contributed by atoms with Crippen LogP contribution in [0.15, 0.2) is 46.9 Å². The molecule has 0 aliphatic carbocycles. The van der Waals surface area contributed by atoms with Gasteiger partial charge in [-0.2, -0.15) is 0 Å². The minimum absolute atomic E-state index is 0.242. The van der Waals surface area contributed by atoms with E-state index in [1.54, 1.807) is 36.4 Å². The Bertz CT molecular complexity index is 737. The molecule has 0 heterocycles. The standard InChI is InChI=1S/C16H14BrClN2O3/c1-10-3-2-4-11(7-10)16(22)20-19-15(21)9-23-14-6-5-12(18)8-13(14)17/h2-8H,9H2,1H3,(H,19,21)(H,20,22). The first-order valence-corrected chi connectivity index (χ1v) is 7.86. The van der Waals surface area contributed by atoms with E-state index in [1.165, 1.54) is 0 Å². The molecule has 0 aliphatic rings. The number of carbonyl (C=O) groups is 2. The molecule has 120 valence electrons. The highest BCUT2D eigenvalue weighted by Crippen LogP contribution is 2.27. The van der Waals surface area contributed by atoms with E-state index in [9.17, 15) is 9.59 Å². The molecule has 5 nitrogen and oxygen atoms in total. The molecule has 2 amide bonds. The maximum absolute atomic E-state index is 11.9. The van der Waals surface area contributed by atoms with Crippen molar-refractivity contribution >= 4 is 39.3 Å². The number of benzene rings is 2. The van der Waals surface area contributed by atoms with Gasteiger partial charge in [-0.15, -0.1) is 0 Å². The Balaban J connectivity index is 1.82. The van der Waals surface area contributed by atoms with Crippen molar-refractivity contribution < 1.29 is 14.3 Å². The molecule has 0 aliphatic heterocycles. The molecule has 0 atom stereocenters. The number of aryl methyl sites for hydroxylation is 1. The van der Waals surface area contributed by atoms with Gasteiger partial charge in [-0.1, -0.05) is 29.3 Å². The average molecular weight is 398 g/mol. The summed E-state index contributed by atoms with van der Waals surface area (Å²) in [6.07, 6.45) is 0. The van der Waals surface area contributed by atoms with E-state index in [2.05, 4.69) is 26.8 Å². The molecule has 0 aromatic heterocycles. The second kappa shape index (κ2) is 7.99. The van der Waals surface area contributed by atoms with E-state index in [0.717, 1.165) is 5.56 Å². The van der Waals surface area contributed by atoms with Crippen molar-refractivity contribution in [3.05, 3.63) is 63.1 Å². The molecule has 7 heteroatoms. The van der Waals surface area contributed by atoms with Crippen LogP contribution in [0.1, 0.15) is 15.9 Å². The Labute approximate surface area is 147 Å². The first-order valence-electron chi connectivity index (χ1n) is 6.69. The zero-order valence-corrected chi connectivity index (χ0v) is 14.6. The summed E-state index contributed by atoms with van der Waals surface area (Å²) in [5.74, 6) is -0.392. The Morgan fingerprint density at radius 3 is 2.65 bits per heavy atom. The fraction of sp³-hybridized carbons (Fsp3) is 0.125. The lowest BCUT2D eigenvalue weighted by molar-refractivity contribution is -0.123. The summed E-state index contributed by atoms with van der Waals surface area (Å²) in [6, 6.07) is 12.0. The molecule has 0 saturated heterocycles. The van der Waals surface area contributed by atoms with E-state index in [1.807, 2.05) is 13.0 Å². The van der Waals surface area contributed by atoms with Gasteiger partial charge in [0.1, 0.15) is 5.75 Å². The van der Waals surface area contributed by atoms with Crippen LogP contribution in [-0.2, 0) is 4.79 Å². The van der Waals surface area contributed by atoms with E-state index in [0.29, 0.717) is 20.8 Å². The lowest BCUT2D eigenvalue weighted by Crippen LogP contribution is -2.43. The van der Waals surface area contributed by atoms with Crippen LogP contribution < -0.4 is 15.6 Å². The van der Waals surface area contributed by atoms with Gasteiger partial charge in [0.2, 0.25) is 0 Å². The normalized spacial score (nSPS) is 10.0. The SMILES string of the molecule is Cc1cccc(C(=O)NNC(=O)COc2ccc(Cl)cc2Br)c1. The Hall–Kier alpha value is -2.05. The van der Waals surface area contributed by atoms with Crippen LogP contribution in [0.4, 0.5) is 0 Å². The summed E-state index contributed by atoms with van der Waals surface area (Å²) in [5, 5.41) is 0.555. The van der Waals surface area contributed by atoms with Gasteiger partial charge in [0.05, 0.1) is 4.47 Å². The second-order valence-electron chi connectivity index (χ2n) is 4.74. The summed E-state index contributed by atoms with van der Waals surface area (Å²) in [4.78, 5) is 23.6. The first kappa shape index (κ1) is 17.3. The van der Waals surface area contributed by atoms with Crippen molar-refractivity contribution in [2.45, 2.75) is 6.92 Å². The van der Waals surface area contributed by atoms with E-state index in [-0.39, 0.29) is 6.61 Å². The molecule has 2 rings (SSSR count). The van der Waals surface area contributed by atoms with E-state index >= 15 is 0 Å². The van der Waals surface area contributed by atoms with Crippen molar-refractivity contribution in [2.75, 3.05) is 6.61 Å². The topological polar surface area (TPSA) is 67.4 Å². The Morgan fingerprint density at radius 2 is 1.96 bits per heavy atom. The number of carbonyl (C=O) groups excluding carboxylic acids is 2. The second-order valence-corrected chi connectivity index (χ2v) is 6.03. The zero-order valence-electron chi connectivity index (χ0n) is 12.2. The molecular weight excluding hydrogens is 384 g/mol. The molecule has 2 aromatic carbocycles. The first-order chi connectivity index (χ1) is 11.0. The van der Waals surface area contributed by atoms with Gasteiger partial charge in [-0.05, 0) is 53.2 Å². The van der Waals surface area contributed by atoms with Gasteiger partial charge in [0.25, 0.3) is 11.8 Å². The van der Waals surface area contributed by atoms with Crippen LogP contribution >= 0.6 is 27.5 Å².